The number of piperazine rings is 1. The van der Waals surface area contributed by atoms with Gasteiger partial charge in [0.2, 0.25) is 11.9 Å². The van der Waals surface area contributed by atoms with Crippen LogP contribution >= 0.6 is 11.5 Å². The number of anilines is 2. The Bertz CT molecular complexity index is 854. The Kier molecular flexibility index (Phi) is 6.95. The second-order valence-corrected chi connectivity index (χ2v) is 8.02. The van der Waals surface area contributed by atoms with Gasteiger partial charge in [0, 0.05) is 55.1 Å². The van der Waals surface area contributed by atoms with E-state index in [2.05, 4.69) is 30.6 Å². The lowest BCUT2D eigenvalue weighted by atomic mass is 10.0. The van der Waals surface area contributed by atoms with Crippen molar-refractivity contribution in [1.29, 1.82) is 5.26 Å². The van der Waals surface area contributed by atoms with Gasteiger partial charge in [-0.05, 0) is 23.9 Å². The van der Waals surface area contributed by atoms with Gasteiger partial charge in [0.1, 0.15) is 12.6 Å². The maximum atomic E-state index is 12.1. The molecule has 0 aromatic carbocycles. The normalized spacial score (nSPS) is 15.2. The number of nitrogens with zero attached hydrogens (tertiary/aromatic N) is 6. The summed E-state index contributed by atoms with van der Waals surface area (Å²) in [5.41, 5.74) is 7.26. The molecular formula is C19H26N8OS. The molecule has 1 amide bonds. The molecule has 1 saturated heterocycles. The molecule has 10 heteroatoms. The van der Waals surface area contributed by atoms with E-state index in [1.165, 1.54) is 11.5 Å². The first kappa shape index (κ1) is 21.0. The molecule has 2 aromatic heterocycles. The Hall–Kier alpha value is -2.77. The first-order chi connectivity index (χ1) is 14.0. The van der Waals surface area contributed by atoms with Gasteiger partial charge in [0.05, 0.1) is 6.07 Å². The zero-order valence-electron chi connectivity index (χ0n) is 16.7. The number of nitrogens with two attached hydrogens (primary N) is 1. The van der Waals surface area contributed by atoms with Crippen LogP contribution in [0.1, 0.15) is 20.3 Å². The van der Waals surface area contributed by atoms with E-state index in [0.29, 0.717) is 18.2 Å². The summed E-state index contributed by atoms with van der Waals surface area (Å²) in [6.45, 7) is 7.63. The van der Waals surface area contributed by atoms with E-state index in [9.17, 15) is 10.1 Å². The SMILES string of the molecule is CC(C)C[C@@H](C(N)=O)N(CC#N)c1nscc1-c1cnc(N2CCNCC2)nc1. The molecule has 3 heterocycles. The summed E-state index contributed by atoms with van der Waals surface area (Å²) >= 11 is 1.27. The van der Waals surface area contributed by atoms with Gasteiger partial charge in [-0.15, -0.1) is 0 Å². The lowest BCUT2D eigenvalue weighted by Crippen LogP contribution is -2.46. The van der Waals surface area contributed by atoms with Crippen molar-refractivity contribution in [2.45, 2.75) is 26.3 Å². The van der Waals surface area contributed by atoms with Crippen molar-refractivity contribution in [3.63, 3.8) is 0 Å². The summed E-state index contributed by atoms with van der Waals surface area (Å²) in [5, 5.41) is 14.5. The minimum atomic E-state index is -0.600. The molecule has 1 aliphatic rings. The van der Waals surface area contributed by atoms with Gasteiger partial charge in [0.15, 0.2) is 5.82 Å². The van der Waals surface area contributed by atoms with E-state index >= 15 is 0 Å². The Balaban J connectivity index is 1.89. The van der Waals surface area contributed by atoms with Crippen LogP contribution in [0.5, 0.6) is 0 Å². The number of amides is 1. The van der Waals surface area contributed by atoms with Gasteiger partial charge >= 0.3 is 0 Å². The standard InChI is InChI=1S/C19H26N8OS/c1-13(2)9-16(17(21)28)27(6-3-20)18-15(12-29-25-18)14-10-23-19(24-11-14)26-7-4-22-5-8-26/h10-13,16,22H,4-9H2,1-2H3,(H2,21,28)/t16-/m0/s1. The highest BCUT2D eigenvalue weighted by Crippen LogP contribution is 2.33. The molecule has 3 rings (SSSR count). The number of carbonyl (C=O) groups excluding carboxylic acids is 1. The third kappa shape index (κ3) is 4.99. The molecule has 0 spiro atoms. The minimum Gasteiger partial charge on any atom is -0.368 e. The van der Waals surface area contributed by atoms with Crippen LogP contribution < -0.4 is 20.9 Å². The van der Waals surface area contributed by atoms with Crippen LogP contribution in [0.15, 0.2) is 17.8 Å². The Morgan fingerprint density at radius 2 is 2.07 bits per heavy atom. The predicted molar refractivity (Wildman–Crippen MR) is 114 cm³/mol. The quantitative estimate of drug-likeness (QED) is 0.618. The number of nitriles is 1. The molecule has 0 saturated carbocycles. The molecule has 0 radical (unpaired) electrons. The van der Waals surface area contributed by atoms with Gasteiger partial charge in [-0.1, -0.05) is 13.8 Å². The van der Waals surface area contributed by atoms with Gasteiger partial charge in [-0.2, -0.15) is 9.64 Å². The van der Waals surface area contributed by atoms with Crippen LogP contribution in [0.4, 0.5) is 11.8 Å². The topological polar surface area (TPSA) is 124 Å². The van der Waals surface area contributed by atoms with Crippen molar-refractivity contribution in [1.82, 2.24) is 19.7 Å². The van der Waals surface area contributed by atoms with E-state index in [4.69, 9.17) is 5.73 Å². The van der Waals surface area contributed by atoms with Gasteiger partial charge < -0.3 is 20.9 Å². The molecule has 0 aliphatic carbocycles. The molecule has 154 valence electrons. The average molecular weight is 415 g/mol. The van der Waals surface area contributed by atoms with Crippen molar-refractivity contribution in [3.05, 3.63) is 17.8 Å². The Labute approximate surface area is 174 Å². The first-order valence-electron chi connectivity index (χ1n) is 9.66. The number of hydrogen-bond donors (Lipinski definition) is 2. The maximum Gasteiger partial charge on any atom is 0.240 e. The molecule has 3 N–H and O–H groups in total. The molecule has 1 fully saturated rings. The fourth-order valence-electron chi connectivity index (χ4n) is 3.38. The highest BCUT2D eigenvalue weighted by atomic mass is 32.1. The summed E-state index contributed by atoms with van der Waals surface area (Å²) in [5.74, 6) is 1.05. The molecule has 29 heavy (non-hydrogen) atoms. The maximum absolute atomic E-state index is 12.1. The molecule has 0 bridgehead atoms. The smallest absolute Gasteiger partial charge is 0.240 e. The second-order valence-electron chi connectivity index (χ2n) is 7.39. The number of carbonyl (C=O) groups is 1. The van der Waals surface area contributed by atoms with Crippen molar-refractivity contribution in [2.75, 3.05) is 42.5 Å². The largest absolute Gasteiger partial charge is 0.368 e. The van der Waals surface area contributed by atoms with E-state index in [1.807, 2.05) is 19.2 Å². The highest BCUT2D eigenvalue weighted by molar-refractivity contribution is 7.04. The monoisotopic (exact) mass is 414 g/mol. The van der Waals surface area contributed by atoms with Crippen molar-refractivity contribution in [3.8, 4) is 17.2 Å². The van der Waals surface area contributed by atoms with E-state index in [0.717, 1.165) is 37.3 Å². The van der Waals surface area contributed by atoms with E-state index < -0.39 is 11.9 Å². The summed E-state index contributed by atoms with van der Waals surface area (Å²) in [6.07, 6.45) is 4.08. The van der Waals surface area contributed by atoms with Crippen LogP contribution in [-0.4, -0.2) is 59.0 Å². The predicted octanol–water partition coefficient (Wildman–Crippen LogP) is 1.24. The lowest BCUT2D eigenvalue weighted by molar-refractivity contribution is -0.119. The summed E-state index contributed by atoms with van der Waals surface area (Å²) < 4.78 is 4.47. The Morgan fingerprint density at radius 1 is 1.38 bits per heavy atom. The number of primary amides is 1. The second kappa shape index (κ2) is 9.62. The van der Waals surface area contributed by atoms with Crippen molar-refractivity contribution >= 4 is 29.2 Å². The van der Waals surface area contributed by atoms with Crippen LogP contribution in [0.25, 0.3) is 11.1 Å². The third-order valence-electron chi connectivity index (χ3n) is 4.81. The van der Waals surface area contributed by atoms with E-state index in [-0.39, 0.29) is 12.5 Å². The third-order valence-corrected chi connectivity index (χ3v) is 5.43. The van der Waals surface area contributed by atoms with Gasteiger partial charge in [0.25, 0.3) is 0 Å². The minimum absolute atomic E-state index is 0.0246. The Morgan fingerprint density at radius 3 is 2.66 bits per heavy atom. The number of hydrogen-bond acceptors (Lipinski definition) is 9. The fraction of sp³-hybridized carbons (Fsp3) is 0.526. The molecule has 2 aromatic rings. The van der Waals surface area contributed by atoms with Crippen molar-refractivity contribution < 1.29 is 4.79 Å². The lowest BCUT2D eigenvalue weighted by Gasteiger charge is -2.29. The number of rotatable bonds is 8. The fourth-order valence-corrected chi connectivity index (χ4v) is 4.08. The molecule has 0 unspecified atom stereocenters. The number of nitrogens with one attached hydrogen (secondary N) is 1. The molecule has 1 atom stereocenters. The zero-order valence-corrected chi connectivity index (χ0v) is 17.5. The number of aromatic nitrogens is 3. The molecular weight excluding hydrogens is 388 g/mol. The van der Waals surface area contributed by atoms with Crippen LogP contribution in [0.2, 0.25) is 0 Å². The summed E-state index contributed by atoms with van der Waals surface area (Å²) in [4.78, 5) is 25.0. The first-order valence-corrected chi connectivity index (χ1v) is 10.5. The van der Waals surface area contributed by atoms with Gasteiger partial charge in [-0.25, -0.2) is 9.97 Å². The summed E-state index contributed by atoms with van der Waals surface area (Å²) in [7, 11) is 0. The van der Waals surface area contributed by atoms with Crippen LogP contribution in [0, 0.1) is 17.2 Å². The van der Waals surface area contributed by atoms with Crippen LogP contribution in [0.3, 0.4) is 0 Å². The molecule has 9 nitrogen and oxygen atoms in total. The molecule has 1 aliphatic heterocycles. The summed E-state index contributed by atoms with van der Waals surface area (Å²) in [6, 6.07) is 1.53. The van der Waals surface area contributed by atoms with Crippen LogP contribution in [-0.2, 0) is 4.79 Å². The average Bonchev–Trinajstić information content (AvgIpc) is 3.20. The van der Waals surface area contributed by atoms with Crippen molar-refractivity contribution in [2.24, 2.45) is 11.7 Å². The highest BCUT2D eigenvalue weighted by Gasteiger charge is 2.29. The van der Waals surface area contributed by atoms with E-state index in [1.54, 1.807) is 17.3 Å². The zero-order chi connectivity index (χ0) is 20.8. The van der Waals surface area contributed by atoms with Gasteiger partial charge in [-0.3, -0.25) is 4.79 Å².